The number of para-hydroxylation sites is 1. The Labute approximate surface area is 152 Å². The molecule has 0 unspecified atom stereocenters. The second kappa shape index (κ2) is 8.06. The highest BCUT2D eigenvalue weighted by Crippen LogP contribution is 2.24. The molecule has 132 valence electrons. The van der Waals surface area contributed by atoms with Crippen molar-refractivity contribution < 1.29 is 4.79 Å². The second-order valence-electron chi connectivity index (χ2n) is 5.60. The molecule has 3 rings (SSSR count). The van der Waals surface area contributed by atoms with E-state index in [2.05, 4.69) is 32.7 Å². The average molecular weight is 348 g/mol. The van der Waals surface area contributed by atoms with E-state index in [1.54, 1.807) is 6.20 Å². The van der Waals surface area contributed by atoms with Crippen LogP contribution in [0.15, 0.2) is 60.8 Å². The first-order valence-corrected chi connectivity index (χ1v) is 8.32. The zero-order chi connectivity index (χ0) is 18.4. The summed E-state index contributed by atoms with van der Waals surface area (Å²) in [5.41, 5.74) is 2.50. The summed E-state index contributed by atoms with van der Waals surface area (Å²) >= 11 is 0. The largest absolute Gasteiger partial charge is 0.326 e. The van der Waals surface area contributed by atoms with Crippen molar-refractivity contribution in [3.05, 3.63) is 60.8 Å². The first kappa shape index (κ1) is 17.3. The molecule has 1 heterocycles. The normalized spacial score (nSPS) is 10.2. The highest BCUT2D eigenvalue weighted by molar-refractivity contribution is 5.89. The number of hydrogen-bond acceptors (Lipinski definition) is 6. The molecule has 2 N–H and O–H groups in total. The Kier molecular flexibility index (Phi) is 5.38. The molecule has 3 aromatic rings. The third kappa shape index (κ3) is 4.32. The summed E-state index contributed by atoms with van der Waals surface area (Å²) in [4.78, 5) is 17.8. The van der Waals surface area contributed by atoms with Crippen LogP contribution in [-0.2, 0) is 4.79 Å². The second-order valence-corrected chi connectivity index (χ2v) is 5.60. The Morgan fingerprint density at radius 3 is 2.58 bits per heavy atom. The van der Waals surface area contributed by atoms with Gasteiger partial charge in [-0.25, -0.2) is 0 Å². The highest BCUT2D eigenvalue weighted by Gasteiger charge is 2.10. The van der Waals surface area contributed by atoms with Gasteiger partial charge in [0.15, 0.2) is 5.82 Å². The third-order valence-electron chi connectivity index (χ3n) is 3.65. The van der Waals surface area contributed by atoms with Crippen LogP contribution >= 0.6 is 0 Å². The fourth-order valence-corrected chi connectivity index (χ4v) is 2.57. The lowest BCUT2D eigenvalue weighted by atomic mass is 10.2. The molecule has 0 bridgehead atoms. The van der Waals surface area contributed by atoms with Gasteiger partial charge in [0.2, 0.25) is 11.9 Å². The molecular formula is C19H20N6O. The SMILES string of the molecule is CCN(c1ccccc1)c1cnnc(Nc2cccc(NC(C)=O)c2)n1. The van der Waals surface area contributed by atoms with E-state index in [1.165, 1.54) is 6.92 Å². The Morgan fingerprint density at radius 1 is 1.08 bits per heavy atom. The van der Waals surface area contributed by atoms with E-state index in [9.17, 15) is 4.79 Å². The molecule has 0 fully saturated rings. The van der Waals surface area contributed by atoms with Crippen molar-refractivity contribution in [2.75, 3.05) is 22.1 Å². The van der Waals surface area contributed by atoms with Gasteiger partial charge in [0.1, 0.15) is 0 Å². The van der Waals surface area contributed by atoms with Crippen molar-refractivity contribution in [2.45, 2.75) is 13.8 Å². The Morgan fingerprint density at radius 2 is 1.85 bits per heavy atom. The van der Waals surface area contributed by atoms with Gasteiger partial charge in [-0.2, -0.15) is 10.1 Å². The van der Waals surface area contributed by atoms with Crippen LogP contribution in [0.3, 0.4) is 0 Å². The van der Waals surface area contributed by atoms with Crippen molar-refractivity contribution in [3.63, 3.8) is 0 Å². The molecular weight excluding hydrogens is 328 g/mol. The van der Waals surface area contributed by atoms with Gasteiger partial charge in [0, 0.05) is 30.5 Å². The Bertz CT molecular complexity index is 884. The number of rotatable bonds is 6. The van der Waals surface area contributed by atoms with Gasteiger partial charge in [0.05, 0.1) is 6.20 Å². The molecule has 0 radical (unpaired) electrons. The van der Waals surface area contributed by atoms with Gasteiger partial charge in [-0.05, 0) is 37.3 Å². The first-order valence-electron chi connectivity index (χ1n) is 8.32. The predicted molar refractivity (Wildman–Crippen MR) is 103 cm³/mol. The van der Waals surface area contributed by atoms with Crippen LogP contribution in [0.1, 0.15) is 13.8 Å². The van der Waals surface area contributed by atoms with Crippen LogP contribution < -0.4 is 15.5 Å². The van der Waals surface area contributed by atoms with Crippen molar-refractivity contribution in [2.24, 2.45) is 0 Å². The van der Waals surface area contributed by atoms with Gasteiger partial charge in [-0.1, -0.05) is 24.3 Å². The molecule has 0 saturated carbocycles. The zero-order valence-electron chi connectivity index (χ0n) is 14.7. The van der Waals surface area contributed by atoms with E-state index >= 15 is 0 Å². The van der Waals surface area contributed by atoms with Gasteiger partial charge in [-0.15, -0.1) is 5.10 Å². The molecule has 2 aromatic carbocycles. The molecule has 7 heteroatoms. The number of nitrogens with one attached hydrogen (secondary N) is 2. The quantitative estimate of drug-likeness (QED) is 0.706. The average Bonchev–Trinajstić information content (AvgIpc) is 2.63. The van der Waals surface area contributed by atoms with E-state index in [0.717, 1.165) is 17.9 Å². The van der Waals surface area contributed by atoms with Crippen LogP contribution in [0.5, 0.6) is 0 Å². The van der Waals surface area contributed by atoms with Crippen LogP contribution in [0.2, 0.25) is 0 Å². The minimum absolute atomic E-state index is 0.122. The number of aromatic nitrogens is 3. The topological polar surface area (TPSA) is 83.0 Å². The highest BCUT2D eigenvalue weighted by atomic mass is 16.1. The molecule has 0 aliphatic rings. The number of nitrogens with zero attached hydrogens (tertiary/aromatic N) is 4. The van der Waals surface area contributed by atoms with E-state index in [0.29, 0.717) is 17.5 Å². The number of amides is 1. The number of carbonyl (C=O) groups excluding carboxylic acids is 1. The number of carbonyl (C=O) groups is 1. The number of anilines is 5. The van der Waals surface area contributed by atoms with Crippen LogP contribution in [-0.4, -0.2) is 27.6 Å². The zero-order valence-corrected chi connectivity index (χ0v) is 14.7. The van der Waals surface area contributed by atoms with E-state index in [-0.39, 0.29) is 5.91 Å². The van der Waals surface area contributed by atoms with Crippen molar-refractivity contribution in [3.8, 4) is 0 Å². The molecule has 7 nitrogen and oxygen atoms in total. The van der Waals surface area contributed by atoms with Gasteiger partial charge >= 0.3 is 0 Å². The van der Waals surface area contributed by atoms with Crippen LogP contribution in [0.25, 0.3) is 0 Å². The van der Waals surface area contributed by atoms with Gasteiger partial charge in [-0.3, -0.25) is 4.79 Å². The van der Waals surface area contributed by atoms with Crippen LogP contribution in [0, 0.1) is 0 Å². The van der Waals surface area contributed by atoms with Crippen molar-refractivity contribution >= 4 is 34.7 Å². The third-order valence-corrected chi connectivity index (χ3v) is 3.65. The summed E-state index contributed by atoms with van der Waals surface area (Å²) in [6.45, 7) is 4.28. The standard InChI is InChI=1S/C19H20N6O/c1-3-25(17-10-5-4-6-11-17)18-13-20-24-19(23-18)22-16-9-7-8-15(12-16)21-14(2)26/h4-13H,3H2,1-2H3,(H,21,26)(H,22,23,24). The summed E-state index contributed by atoms with van der Waals surface area (Å²) in [7, 11) is 0. The first-order chi connectivity index (χ1) is 12.7. The summed E-state index contributed by atoms with van der Waals surface area (Å²) in [5.74, 6) is 0.967. The van der Waals surface area contributed by atoms with E-state index in [1.807, 2.05) is 59.5 Å². The lowest BCUT2D eigenvalue weighted by molar-refractivity contribution is -0.114. The van der Waals surface area contributed by atoms with Crippen LogP contribution in [0.4, 0.5) is 28.8 Å². The summed E-state index contributed by atoms with van der Waals surface area (Å²) < 4.78 is 0. The molecule has 0 aliphatic heterocycles. The molecule has 0 spiro atoms. The van der Waals surface area contributed by atoms with Gasteiger partial charge < -0.3 is 15.5 Å². The Balaban J connectivity index is 1.82. The fourth-order valence-electron chi connectivity index (χ4n) is 2.57. The summed E-state index contributed by atoms with van der Waals surface area (Å²) in [6.07, 6.45) is 1.63. The number of benzene rings is 2. The minimum Gasteiger partial charge on any atom is -0.326 e. The maximum atomic E-state index is 11.2. The van der Waals surface area contributed by atoms with Crippen molar-refractivity contribution in [1.29, 1.82) is 0 Å². The molecule has 1 aromatic heterocycles. The van der Waals surface area contributed by atoms with Gasteiger partial charge in [0.25, 0.3) is 0 Å². The summed E-state index contributed by atoms with van der Waals surface area (Å²) in [5, 5.41) is 14.0. The summed E-state index contributed by atoms with van der Waals surface area (Å²) in [6, 6.07) is 17.3. The minimum atomic E-state index is -0.122. The molecule has 0 atom stereocenters. The Hall–Kier alpha value is -3.48. The maximum Gasteiger partial charge on any atom is 0.249 e. The molecule has 0 aliphatic carbocycles. The smallest absolute Gasteiger partial charge is 0.249 e. The van der Waals surface area contributed by atoms with E-state index < -0.39 is 0 Å². The van der Waals surface area contributed by atoms with Crippen molar-refractivity contribution in [1.82, 2.24) is 15.2 Å². The van der Waals surface area contributed by atoms with E-state index in [4.69, 9.17) is 0 Å². The lowest BCUT2D eigenvalue weighted by Crippen LogP contribution is -2.18. The number of hydrogen-bond donors (Lipinski definition) is 2. The predicted octanol–water partition coefficient (Wildman–Crippen LogP) is 3.73. The molecule has 1 amide bonds. The maximum absolute atomic E-state index is 11.2. The molecule has 0 saturated heterocycles. The monoisotopic (exact) mass is 348 g/mol. The molecule has 26 heavy (non-hydrogen) atoms. The lowest BCUT2D eigenvalue weighted by Gasteiger charge is -2.21. The fraction of sp³-hybridized carbons (Fsp3) is 0.158.